The smallest absolute Gasteiger partial charge is 0.408 e. The zero-order valence-corrected chi connectivity index (χ0v) is 26.6. The summed E-state index contributed by atoms with van der Waals surface area (Å²) >= 11 is 0. The first-order valence-corrected chi connectivity index (χ1v) is 15.0. The number of carbonyl (C=O) groups excluding carboxylic acids is 3. The molecule has 2 atom stereocenters. The highest BCUT2D eigenvalue weighted by molar-refractivity contribution is 6.00. The van der Waals surface area contributed by atoms with E-state index >= 15 is 0 Å². The zero-order valence-electron chi connectivity index (χ0n) is 26.6. The van der Waals surface area contributed by atoms with E-state index in [9.17, 15) is 14.4 Å². The summed E-state index contributed by atoms with van der Waals surface area (Å²) in [7, 11) is 0. The van der Waals surface area contributed by atoms with E-state index in [0.29, 0.717) is 6.54 Å². The third-order valence-electron chi connectivity index (χ3n) is 7.04. The van der Waals surface area contributed by atoms with Crippen LogP contribution in [0.3, 0.4) is 0 Å². The molecule has 2 aromatic carbocycles. The summed E-state index contributed by atoms with van der Waals surface area (Å²) in [6.07, 6.45) is 4.34. The second-order valence-electron chi connectivity index (χ2n) is 12.4. The fraction of sp³-hybridized carbons (Fsp3) is 0.559. The van der Waals surface area contributed by atoms with Gasteiger partial charge in [-0.05, 0) is 70.6 Å². The molecule has 226 valence electrons. The van der Waals surface area contributed by atoms with E-state index in [1.54, 1.807) is 25.7 Å². The van der Waals surface area contributed by atoms with Gasteiger partial charge in [0.2, 0.25) is 5.91 Å². The molecule has 3 amide bonds. The molecular formula is C34H51N3O4. The summed E-state index contributed by atoms with van der Waals surface area (Å²) < 4.78 is 5.49. The third kappa shape index (κ3) is 10.5. The van der Waals surface area contributed by atoms with Crippen molar-refractivity contribution in [3.63, 3.8) is 0 Å². The minimum Gasteiger partial charge on any atom is -0.444 e. The monoisotopic (exact) mass is 565 g/mol. The van der Waals surface area contributed by atoms with Crippen molar-refractivity contribution in [2.24, 2.45) is 5.92 Å². The number of alkyl carbamates (subject to hydrolysis) is 1. The molecule has 41 heavy (non-hydrogen) atoms. The molecule has 0 saturated carbocycles. The lowest BCUT2D eigenvalue weighted by atomic mass is 9.97. The van der Waals surface area contributed by atoms with Crippen LogP contribution < -0.4 is 10.6 Å². The van der Waals surface area contributed by atoms with E-state index in [1.165, 1.54) is 0 Å². The van der Waals surface area contributed by atoms with Gasteiger partial charge in [0.15, 0.2) is 0 Å². The highest BCUT2D eigenvalue weighted by Gasteiger charge is 2.37. The first-order valence-electron chi connectivity index (χ1n) is 15.0. The number of nitrogens with zero attached hydrogens (tertiary/aromatic N) is 1. The van der Waals surface area contributed by atoms with Crippen molar-refractivity contribution < 1.29 is 19.1 Å². The van der Waals surface area contributed by atoms with Crippen LogP contribution in [0.5, 0.6) is 0 Å². The van der Waals surface area contributed by atoms with Crippen LogP contribution in [0.15, 0.2) is 42.5 Å². The molecule has 2 unspecified atom stereocenters. The highest BCUT2D eigenvalue weighted by atomic mass is 16.6. The number of benzene rings is 2. The Hall–Kier alpha value is -3.35. The quantitative estimate of drug-likeness (QED) is 0.244. The molecule has 7 nitrogen and oxygen atoms in total. The highest BCUT2D eigenvalue weighted by Crippen LogP contribution is 2.28. The molecule has 0 aromatic heterocycles. The van der Waals surface area contributed by atoms with Crippen LogP contribution in [0.1, 0.15) is 102 Å². The van der Waals surface area contributed by atoms with Gasteiger partial charge < -0.3 is 20.3 Å². The molecule has 2 N–H and O–H groups in total. The standard InChI is InChI=1S/C34H51N3O4/c1-10-11-12-13-14-21-37(32(39)28(23(2)3)36-33(40)41-34(7,8)9)30(27-20-15-17-24(4)22-27)31(38)35-29-25(5)18-16-19-26(29)6/h15-20,22-23,28,30H,10-14,21H2,1-9H3,(H,35,38)(H,36,40). The van der Waals surface area contributed by atoms with Crippen LogP contribution in [-0.2, 0) is 14.3 Å². The van der Waals surface area contributed by atoms with Crippen LogP contribution in [0.4, 0.5) is 10.5 Å². The Morgan fingerprint density at radius 3 is 2.07 bits per heavy atom. The number of amides is 3. The number of unbranched alkanes of at least 4 members (excludes halogenated alkanes) is 4. The number of ether oxygens (including phenoxy) is 1. The predicted octanol–water partition coefficient (Wildman–Crippen LogP) is 7.64. The average molecular weight is 566 g/mol. The van der Waals surface area contributed by atoms with Gasteiger partial charge in [-0.3, -0.25) is 9.59 Å². The molecule has 2 rings (SSSR count). The Balaban J connectivity index is 2.56. The lowest BCUT2D eigenvalue weighted by Gasteiger charge is -2.36. The van der Waals surface area contributed by atoms with Crippen molar-refractivity contribution >= 4 is 23.6 Å². The summed E-state index contributed by atoms with van der Waals surface area (Å²) in [6, 6.07) is 11.9. The van der Waals surface area contributed by atoms with E-state index in [2.05, 4.69) is 17.6 Å². The first-order chi connectivity index (χ1) is 19.2. The molecule has 0 saturated heterocycles. The number of aryl methyl sites for hydroxylation is 3. The Kier molecular flexibility index (Phi) is 12.9. The van der Waals surface area contributed by atoms with Gasteiger partial charge in [-0.2, -0.15) is 0 Å². The third-order valence-corrected chi connectivity index (χ3v) is 7.04. The van der Waals surface area contributed by atoms with E-state index in [-0.39, 0.29) is 17.7 Å². The minimum absolute atomic E-state index is 0.225. The number of rotatable bonds is 13. The van der Waals surface area contributed by atoms with Crippen LogP contribution in [0, 0.1) is 26.7 Å². The fourth-order valence-corrected chi connectivity index (χ4v) is 4.90. The summed E-state index contributed by atoms with van der Waals surface area (Å²) in [5.74, 6) is -0.809. The summed E-state index contributed by atoms with van der Waals surface area (Å²) in [6.45, 7) is 17.6. The molecule has 2 aromatic rings. The second kappa shape index (κ2) is 15.6. The topological polar surface area (TPSA) is 87.7 Å². The lowest BCUT2D eigenvalue weighted by Crippen LogP contribution is -2.54. The van der Waals surface area contributed by atoms with Crippen molar-refractivity contribution in [2.45, 2.75) is 112 Å². The molecule has 0 aliphatic carbocycles. The Morgan fingerprint density at radius 1 is 0.902 bits per heavy atom. The maximum atomic E-state index is 14.4. The summed E-state index contributed by atoms with van der Waals surface area (Å²) in [4.78, 5) is 43.0. The van der Waals surface area contributed by atoms with Crippen LogP contribution in [-0.4, -0.2) is 41.0 Å². The van der Waals surface area contributed by atoms with Gasteiger partial charge in [0.1, 0.15) is 17.7 Å². The van der Waals surface area contributed by atoms with Crippen molar-refractivity contribution in [3.05, 3.63) is 64.7 Å². The summed E-state index contributed by atoms with van der Waals surface area (Å²) in [5.41, 5.74) is 3.67. The maximum absolute atomic E-state index is 14.4. The normalized spacial score (nSPS) is 12.9. The van der Waals surface area contributed by atoms with Gasteiger partial charge in [0, 0.05) is 12.2 Å². The number of hydrogen-bond acceptors (Lipinski definition) is 4. The number of para-hydroxylation sites is 1. The van der Waals surface area contributed by atoms with E-state index < -0.39 is 23.8 Å². The average Bonchev–Trinajstić information content (AvgIpc) is 2.87. The number of carbonyl (C=O) groups is 3. The van der Waals surface area contributed by atoms with E-state index in [0.717, 1.165) is 60.0 Å². The number of hydrogen-bond donors (Lipinski definition) is 2. The fourth-order valence-electron chi connectivity index (χ4n) is 4.90. The van der Waals surface area contributed by atoms with Crippen LogP contribution in [0.25, 0.3) is 0 Å². The van der Waals surface area contributed by atoms with Gasteiger partial charge in [-0.25, -0.2) is 4.79 Å². The Labute approximate surface area is 247 Å². The largest absolute Gasteiger partial charge is 0.444 e. The van der Waals surface area contributed by atoms with Gasteiger partial charge >= 0.3 is 6.09 Å². The van der Waals surface area contributed by atoms with Crippen molar-refractivity contribution in [1.29, 1.82) is 0 Å². The molecule has 7 heteroatoms. The van der Waals surface area contributed by atoms with Gasteiger partial charge in [0.05, 0.1) is 0 Å². The number of nitrogens with one attached hydrogen (secondary N) is 2. The van der Waals surface area contributed by atoms with Gasteiger partial charge in [0.25, 0.3) is 5.91 Å². The lowest BCUT2D eigenvalue weighted by molar-refractivity contribution is -0.141. The molecule has 0 bridgehead atoms. The molecule has 0 aliphatic rings. The van der Waals surface area contributed by atoms with Crippen molar-refractivity contribution in [1.82, 2.24) is 10.2 Å². The van der Waals surface area contributed by atoms with Crippen LogP contribution in [0.2, 0.25) is 0 Å². The summed E-state index contributed by atoms with van der Waals surface area (Å²) in [5, 5.41) is 5.94. The SMILES string of the molecule is CCCCCCCN(C(=O)C(NC(=O)OC(C)(C)C)C(C)C)C(C(=O)Nc1c(C)cccc1C)c1cccc(C)c1. The Bertz CT molecular complexity index is 1150. The van der Waals surface area contributed by atoms with E-state index in [4.69, 9.17) is 4.74 Å². The number of anilines is 1. The minimum atomic E-state index is -0.880. The van der Waals surface area contributed by atoms with Crippen molar-refractivity contribution in [3.8, 4) is 0 Å². The van der Waals surface area contributed by atoms with Gasteiger partial charge in [-0.1, -0.05) is 94.5 Å². The Morgan fingerprint density at radius 2 is 1.51 bits per heavy atom. The zero-order chi connectivity index (χ0) is 30.7. The van der Waals surface area contributed by atoms with E-state index in [1.807, 2.05) is 77.1 Å². The first kappa shape index (κ1) is 33.9. The second-order valence-corrected chi connectivity index (χ2v) is 12.4. The van der Waals surface area contributed by atoms with Crippen LogP contribution >= 0.6 is 0 Å². The van der Waals surface area contributed by atoms with Gasteiger partial charge in [-0.15, -0.1) is 0 Å². The molecule has 0 fully saturated rings. The molecule has 0 heterocycles. The maximum Gasteiger partial charge on any atom is 0.408 e. The molecular weight excluding hydrogens is 514 g/mol. The molecule has 0 radical (unpaired) electrons. The predicted molar refractivity (Wildman–Crippen MR) is 167 cm³/mol. The molecule has 0 spiro atoms. The van der Waals surface area contributed by atoms with Crippen molar-refractivity contribution in [2.75, 3.05) is 11.9 Å². The molecule has 0 aliphatic heterocycles.